The number of halogens is 1. The highest BCUT2D eigenvalue weighted by atomic mass is 35.5. The lowest BCUT2D eigenvalue weighted by Crippen LogP contribution is -2.63. The van der Waals surface area contributed by atoms with Crippen LogP contribution in [0.2, 0.25) is 5.02 Å². The Hall–Kier alpha value is -2.19. The van der Waals surface area contributed by atoms with E-state index in [4.69, 9.17) is 11.6 Å². The molecule has 4 bridgehead atoms. The Kier molecular flexibility index (Phi) is 6.55. The van der Waals surface area contributed by atoms with E-state index >= 15 is 0 Å². The van der Waals surface area contributed by atoms with Crippen LogP contribution in [-0.4, -0.2) is 33.7 Å². The number of rotatable bonds is 7. The summed E-state index contributed by atoms with van der Waals surface area (Å²) in [6.45, 7) is 4.00. The average Bonchev–Trinajstić information content (AvgIpc) is 3.24. The maximum atomic E-state index is 13.2. The molecule has 7 nitrogen and oxygen atoms in total. The highest BCUT2D eigenvalue weighted by molar-refractivity contribution is 7.18. The fourth-order valence-corrected chi connectivity index (χ4v) is 7.43. The SMILES string of the molecule is CCC(C)C(NC(=O)NC12CC3CC(CC(C3)C1)C2)C(=O)Nc1nnc(-c2ccc(Cl)cc2)s1. The Bertz CT molecular complexity index is 1020. The first kappa shape index (κ1) is 23.5. The number of aromatic nitrogens is 2. The van der Waals surface area contributed by atoms with Gasteiger partial charge in [0.15, 0.2) is 0 Å². The Morgan fingerprint density at radius 3 is 2.29 bits per heavy atom. The van der Waals surface area contributed by atoms with Crippen molar-refractivity contribution in [2.75, 3.05) is 5.32 Å². The van der Waals surface area contributed by atoms with Crippen LogP contribution in [0, 0.1) is 23.7 Å². The Labute approximate surface area is 209 Å². The van der Waals surface area contributed by atoms with E-state index in [1.54, 1.807) is 12.1 Å². The van der Waals surface area contributed by atoms with Gasteiger partial charge >= 0.3 is 6.03 Å². The van der Waals surface area contributed by atoms with Crippen LogP contribution in [0.15, 0.2) is 24.3 Å². The van der Waals surface area contributed by atoms with E-state index in [2.05, 4.69) is 26.1 Å². The molecule has 34 heavy (non-hydrogen) atoms. The molecule has 3 amide bonds. The van der Waals surface area contributed by atoms with Crippen molar-refractivity contribution in [2.45, 2.75) is 70.4 Å². The topological polar surface area (TPSA) is 96.0 Å². The van der Waals surface area contributed by atoms with Crippen molar-refractivity contribution < 1.29 is 9.59 Å². The summed E-state index contributed by atoms with van der Waals surface area (Å²) in [5, 5.41) is 19.2. The Balaban J connectivity index is 1.23. The Morgan fingerprint density at radius 1 is 1.09 bits per heavy atom. The smallest absolute Gasteiger partial charge is 0.315 e. The third kappa shape index (κ3) is 4.93. The molecule has 4 aliphatic carbocycles. The molecule has 0 aliphatic heterocycles. The van der Waals surface area contributed by atoms with Gasteiger partial charge in [-0.25, -0.2) is 4.79 Å². The van der Waals surface area contributed by atoms with Crippen LogP contribution in [0.5, 0.6) is 0 Å². The van der Waals surface area contributed by atoms with Gasteiger partial charge in [-0.3, -0.25) is 10.1 Å². The normalized spacial score (nSPS) is 28.9. The zero-order valence-electron chi connectivity index (χ0n) is 19.6. The van der Waals surface area contributed by atoms with Crippen LogP contribution in [0.3, 0.4) is 0 Å². The first-order valence-corrected chi connectivity index (χ1v) is 13.5. The zero-order valence-corrected chi connectivity index (χ0v) is 21.2. The number of nitrogens with zero attached hydrogens (tertiary/aromatic N) is 2. The van der Waals surface area contributed by atoms with Gasteiger partial charge in [0.25, 0.3) is 0 Å². The summed E-state index contributed by atoms with van der Waals surface area (Å²) in [7, 11) is 0. The summed E-state index contributed by atoms with van der Waals surface area (Å²) in [6.07, 6.45) is 7.95. The number of amides is 3. The molecule has 1 aromatic heterocycles. The van der Waals surface area contributed by atoms with Crippen molar-refractivity contribution >= 4 is 40.0 Å². The second kappa shape index (κ2) is 9.46. The largest absolute Gasteiger partial charge is 0.333 e. The summed E-state index contributed by atoms with van der Waals surface area (Å²) in [5.41, 5.74) is 0.788. The molecule has 6 rings (SSSR count). The number of carbonyl (C=O) groups is 2. The van der Waals surface area contributed by atoms with Crippen molar-refractivity contribution in [1.82, 2.24) is 20.8 Å². The third-order valence-electron chi connectivity index (χ3n) is 7.95. The third-order valence-corrected chi connectivity index (χ3v) is 9.09. The van der Waals surface area contributed by atoms with Crippen molar-refractivity contribution in [2.24, 2.45) is 23.7 Å². The number of hydrogen-bond acceptors (Lipinski definition) is 5. The van der Waals surface area contributed by atoms with Gasteiger partial charge in [0, 0.05) is 16.1 Å². The average molecular weight is 502 g/mol. The number of urea groups is 1. The fraction of sp³-hybridized carbons (Fsp3) is 0.600. The maximum Gasteiger partial charge on any atom is 0.315 e. The molecule has 0 spiro atoms. The number of hydrogen-bond donors (Lipinski definition) is 3. The van der Waals surface area contributed by atoms with E-state index in [0.29, 0.717) is 15.2 Å². The van der Waals surface area contributed by atoms with Gasteiger partial charge in [-0.1, -0.05) is 55.3 Å². The minimum atomic E-state index is -0.651. The Morgan fingerprint density at radius 2 is 1.71 bits per heavy atom. The molecule has 1 heterocycles. The van der Waals surface area contributed by atoms with Gasteiger partial charge in [-0.2, -0.15) is 0 Å². The minimum Gasteiger partial charge on any atom is -0.333 e. The van der Waals surface area contributed by atoms with Crippen LogP contribution in [-0.2, 0) is 4.79 Å². The second-order valence-electron chi connectivity index (χ2n) is 10.6. The highest BCUT2D eigenvalue weighted by Gasteiger charge is 2.51. The van der Waals surface area contributed by atoms with Crippen LogP contribution < -0.4 is 16.0 Å². The van der Waals surface area contributed by atoms with E-state index < -0.39 is 6.04 Å². The summed E-state index contributed by atoms with van der Waals surface area (Å²) < 4.78 is 0. The van der Waals surface area contributed by atoms with Crippen molar-refractivity contribution in [3.8, 4) is 10.6 Å². The lowest BCUT2D eigenvalue weighted by Gasteiger charge is -2.56. The molecular weight excluding hydrogens is 470 g/mol. The molecule has 2 unspecified atom stereocenters. The highest BCUT2D eigenvalue weighted by Crippen LogP contribution is 2.55. The zero-order chi connectivity index (χ0) is 23.9. The molecule has 4 saturated carbocycles. The second-order valence-corrected chi connectivity index (χ2v) is 12.0. The monoisotopic (exact) mass is 501 g/mol. The van der Waals surface area contributed by atoms with Gasteiger partial charge in [-0.15, -0.1) is 10.2 Å². The van der Waals surface area contributed by atoms with Crippen LogP contribution in [0.25, 0.3) is 10.6 Å². The summed E-state index contributed by atoms with van der Waals surface area (Å²) in [4.78, 5) is 26.3. The lowest BCUT2D eigenvalue weighted by atomic mass is 9.53. The number of anilines is 1. The van der Waals surface area contributed by atoms with Gasteiger partial charge in [-0.05, 0) is 74.3 Å². The molecule has 2 aromatic rings. The lowest BCUT2D eigenvalue weighted by molar-refractivity contribution is -0.119. The van der Waals surface area contributed by atoms with Gasteiger partial charge in [0.05, 0.1) is 0 Å². The molecule has 1 aromatic carbocycles. The minimum absolute atomic E-state index is 0.0224. The summed E-state index contributed by atoms with van der Waals surface area (Å²) >= 11 is 7.26. The first-order chi connectivity index (χ1) is 16.3. The quantitative estimate of drug-likeness (QED) is 0.468. The summed E-state index contributed by atoms with van der Waals surface area (Å²) in [6, 6.07) is 6.44. The van der Waals surface area contributed by atoms with E-state index in [9.17, 15) is 9.59 Å². The van der Waals surface area contributed by atoms with Gasteiger partial charge in [0.1, 0.15) is 11.0 Å². The molecule has 3 N–H and O–H groups in total. The molecule has 0 saturated heterocycles. The van der Waals surface area contributed by atoms with Crippen molar-refractivity contribution in [1.29, 1.82) is 0 Å². The number of nitrogens with one attached hydrogen (secondary N) is 3. The number of benzene rings is 1. The van der Waals surface area contributed by atoms with Crippen LogP contribution >= 0.6 is 22.9 Å². The van der Waals surface area contributed by atoms with Gasteiger partial charge in [0.2, 0.25) is 11.0 Å². The van der Waals surface area contributed by atoms with Crippen molar-refractivity contribution in [3.05, 3.63) is 29.3 Å². The molecular formula is C25H32ClN5O2S. The maximum absolute atomic E-state index is 13.2. The predicted octanol–water partition coefficient (Wildman–Crippen LogP) is 5.48. The fourth-order valence-electron chi connectivity index (χ4n) is 6.55. The molecule has 9 heteroatoms. The summed E-state index contributed by atoms with van der Waals surface area (Å²) in [5.74, 6) is 1.94. The van der Waals surface area contributed by atoms with E-state index in [1.165, 1.54) is 30.6 Å². The molecule has 4 aliphatic rings. The van der Waals surface area contributed by atoms with E-state index in [1.807, 2.05) is 26.0 Å². The molecule has 182 valence electrons. The predicted molar refractivity (Wildman–Crippen MR) is 135 cm³/mol. The molecule has 0 radical (unpaired) electrons. The molecule has 4 fully saturated rings. The first-order valence-electron chi connectivity index (χ1n) is 12.3. The van der Waals surface area contributed by atoms with E-state index in [-0.39, 0.29) is 23.4 Å². The standard InChI is InChI=1S/C25H32ClN5O2S/c1-3-14(2)20(21(32)28-24-31-30-22(34-24)18-4-6-19(26)7-5-18)27-23(33)29-25-11-15-8-16(12-25)10-17(9-15)13-25/h4-7,14-17,20H,3,8-13H2,1-2H3,(H2,27,29,33)(H,28,31,32). The van der Waals surface area contributed by atoms with E-state index in [0.717, 1.165) is 49.0 Å². The van der Waals surface area contributed by atoms with Crippen LogP contribution in [0.1, 0.15) is 58.8 Å². The van der Waals surface area contributed by atoms with Crippen molar-refractivity contribution in [3.63, 3.8) is 0 Å². The molecule has 2 atom stereocenters. The van der Waals surface area contributed by atoms with Gasteiger partial charge < -0.3 is 10.6 Å². The number of carbonyl (C=O) groups excluding carboxylic acids is 2. The van der Waals surface area contributed by atoms with Crippen LogP contribution in [0.4, 0.5) is 9.93 Å².